The van der Waals surface area contributed by atoms with Gasteiger partial charge in [-0.15, -0.1) is 11.3 Å². The number of hydrogen-bond acceptors (Lipinski definition) is 5. The summed E-state index contributed by atoms with van der Waals surface area (Å²) in [4.78, 5) is 17.4. The van der Waals surface area contributed by atoms with Gasteiger partial charge in [0.1, 0.15) is 0 Å². The number of β-amino-alcohol motifs (C(OH)–C–C–N with tert-alkyl or cyclic N) is 1. The fraction of sp³-hybridized carbons (Fsp3) is 0.636. The molecular weight excluding hydrogens is 238 g/mol. The van der Waals surface area contributed by atoms with E-state index in [1.807, 2.05) is 5.38 Å². The molecule has 0 radical (unpaired) electrons. The molecule has 0 saturated carbocycles. The number of aliphatic hydroxyl groups is 1. The monoisotopic (exact) mass is 255 g/mol. The Hall–Kier alpha value is -0.980. The van der Waals surface area contributed by atoms with Crippen molar-refractivity contribution in [3.05, 3.63) is 11.1 Å². The molecule has 1 aliphatic rings. The Bertz CT molecular complexity index is 394. The van der Waals surface area contributed by atoms with Crippen molar-refractivity contribution in [3.63, 3.8) is 0 Å². The van der Waals surface area contributed by atoms with Crippen LogP contribution in [-0.4, -0.2) is 40.1 Å². The van der Waals surface area contributed by atoms with Crippen LogP contribution in [0.5, 0.6) is 0 Å². The smallest absolute Gasteiger partial charge is 0.223 e. The molecule has 0 aromatic carbocycles. The topological polar surface area (TPSA) is 65.5 Å². The number of amides is 1. The van der Waals surface area contributed by atoms with Gasteiger partial charge in [-0.1, -0.05) is 0 Å². The summed E-state index contributed by atoms with van der Waals surface area (Å²) < 4.78 is 0. The van der Waals surface area contributed by atoms with Crippen molar-refractivity contribution in [2.75, 3.05) is 18.4 Å². The SMILES string of the molecule is CC(=O)Nc1nc(CN2CCCC(O)C2)cs1. The summed E-state index contributed by atoms with van der Waals surface area (Å²) in [7, 11) is 0. The molecule has 2 rings (SSSR count). The zero-order chi connectivity index (χ0) is 12.3. The number of anilines is 1. The number of aliphatic hydroxyl groups excluding tert-OH is 1. The van der Waals surface area contributed by atoms with E-state index in [4.69, 9.17) is 0 Å². The van der Waals surface area contributed by atoms with Crippen molar-refractivity contribution < 1.29 is 9.90 Å². The van der Waals surface area contributed by atoms with Crippen molar-refractivity contribution >= 4 is 22.4 Å². The Morgan fingerprint density at radius 2 is 2.59 bits per heavy atom. The maximum absolute atomic E-state index is 10.9. The van der Waals surface area contributed by atoms with E-state index in [2.05, 4.69) is 15.2 Å². The third-order valence-corrected chi connectivity index (χ3v) is 3.51. The predicted molar refractivity (Wildman–Crippen MR) is 66.9 cm³/mol. The molecule has 0 bridgehead atoms. The van der Waals surface area contributed by atoms with E-state index in [0.717, 1.165) is 31.6 Å². The van der Waals surface area contributed by atoms with Gasteiger partial charge in [0.25, 0.3) is 0 Å². The summed E-state index contributed by atoms with van der Waals surface area (Å²) >= 11 is 1.44. The van der Waals surface area contributed by atoms with Crippen LogP contribution in [-0.2, 0) is 11.3 Å². The summed E-state index contributed by atoms with van der Waals surface area (Å²) in [5.74, 6) is -0.0979. The second-order valence-electron chi connectivity index (χ2n) is 4.36. The predicted octanol–water partition coefficient (Wildman–Crippen LogP) is 1.06. The van der Waals surface area contributed by atoms with Crippen molar-refractivity contribution in [3.8, 4) is 0 Å². The molecule has 1 aromatic heterocycles. The van der Waals surface area contributed by atoms with Crippen molar-refractivity contribution in [1.82, 2.24) is 9.88 Å². The molecule has 5 nitrogen and oxygen atoms in total. The van der Waals surface area contributed by atoms with Gasteiger partial charge in [-0.2, -0.15) is 0 Å². The average molecular weight is 255 g/mol. The molecule has 1 fully saturated rings. The lowest BCUT2D eigenvalue weighted by molar-refractivity contribution is -0.114. The van der Waals surface area contributed by atoms with Gasteiger partial charge >= 0.3 is 0 Å². The first-order valence-electron chi connectivity index (χ1n) is 5.76. The normalized spacial score (nSPS) is 21.4. The highest BCUT2D eigenvalue weighted by Crippen LogP contribution is 2.18. The second kappa shape index (κ2) is 5.57. The quantitative estimate of drug-likeness (QED) is 0.847. The number of likely N-dealkylation sites (tertiary alicyclic amines) is 1. The van der Waals surface area contributed by atoms with Gasteiger partial charge in [0.2, 0.25) is 5.91 Å². The Kier molecular flexibility index (Phi) is 4.09. The largest absolute Gasteiger partial charge is 0.392 e. The van der Waals surface area contributed by atoms with Gasteiger partial charge in [-0.05, 0) is 19.4 Å². The number of nitrogens with zero attached hydrogens (tertiary/aromatic N) is 2. The number of hydrogen-bond donors (Lipinski definition) is 2. The second-order valence-corrected chi connectivity index (χ2v) is 5.21. The van der Waals surface area contributed by atoms with Crippen LogP contribution in [0.2, 0.25) is 0 Å². The molecule has 17 heavy (non-hydrogen) atoms. The molecule has 1 atom stereocenters. The lowest BCUT2D eigenvalue weighted by Gasteiger charge is -2.29. The average Bonchev–Trinajstić information content (AvgIpc) is 2.64. The molecule has 6 heteroatoms. The van der Waals surface area contributed by atoms with E-state index >= 15 is 0 Å². The van der Waals surface area contributed by atoms with Gasteiger partial charge in [-0.3, -0.25) is 9.69 Å². The minimum Gasteiger partial charge on any atom is -0.392 e. The molecule has 1 aliphatic heterocycles. The lowest BCUT2D eigenvalue weighted by atomic mass is 10.1. The Morgan fingerprint density at radius 1 is 1.76 bits per heavy atom. The number of rotatable bonds is 3. The molecule has 0 spiro atoms. The Morgan fingerprint density at radius 3 is 3.29 bits per heavy atom. The van der Waals surface area contributed by atoms with Crippen LogP contribution in [0.25, 0.3) is 0 Å². The molecule has 1 unspecified atom stereocenters. The van der Waals surface area contributed by atoms with E-state index in [0.29, 0.717) is 11.7 Å². The van der Waals surface area contributed by atoms with Gasteiger partial charge < -0.3 is 10.4 Å². The van der Waals surface area contributed by atoms with Crippen LogP contribution in [0.15, 0.2) is 5.38 Å². The van der Waals surface area contributed by atoms with E-state index in [-0.39, 0.29) is 12.0 Å². The summed E-state index contributed by atoms with van der Waals surface area (Å²) in [5, 5.41) is 14.8. The molecule has 1 amide bonds. The zero-order valence-electron chi connectivity index (χ0n) is 9.85. The van der Waals surface area contributed by atoms with E-state index in [1.54, 1.807) is 0 Å². The lowest BCUT2D eigenvalue weighted by Crippen LogP contribution is -2.37. The fourth-order valence-corrected chi connectivity index (χ4v) is 2.74. The van der Waals surface area contributed by atoms with Gasteiger partial charge in [0.15, 0.2) is 5.13 Å². The number of piperidine rings is 1. The maximum Gasteiger partial charge on any atom is 0.223 e. The van der Waals surface area contributed by atoms with Crippen LogP contribution in [0, 0.1) is 0 Å². The first-order chi connectivity index (χ1) is 8.13. The van der Waals surface area contributed by atoms with Gasteiger partial charge in [0.05, 0.1) is 11.8 Å². The van der Waals surface area contributed by atoms with E-state index in [1.165, 1.54) is 18.3 Å². The zero-order valence-corrected chi connectivity index (χ0v) is 10.7. The van der Waals surface area contributed by atoms with E-state index < -0.39 is 0 Å². The van der Waals surface area contributed by atoms with Crippen LogP contribution < -0.4 is 5.32 Å². The minimum atomic E-state index is -0.211. The number of nitrogens with one attached hydrogen (secondary N) is 1. The molecular formula is C11H17N3O2S. The third kappa shape index (κ3) is 3.76. The van der Waals surface area contributed by atoms with Crippen LogP contribution in [0.4, 0.5) is 5.13 Å². The summed E-state index contributed by atoms with van der Waals surface area (Å²) in [6, 6.07) is 0. The van der Waals surface area contributed by atoms with Crippen molar-refractivity contribution in [1.29, 1.82) is 0 Å². The van der Waals surface area contributed by atoms with Crippen molar-refractivity contribution in [2.24, 2.45) is 0 Å². The summed E-state index contributed by atoms with van der Waals surface area (Å²) in [5.41, 5.74) is 0.952. The Balaban J connectivity index is 1.89. The molecule has 2 heterocycles. The first-order valence-corrected chi connectivity index (χ1v) is 6.64. The number of carbonyl (C=O) groups excluding carboxylic acids is 1. The molecule has 0 aliphatic carbocycles. The van der Waals surface area contributed by atoms with E-state index in [9.17, 15) is 9.90 Å². The number of aromatic nitrogens is 1. The third-order valence-electron chi connectivity index (χ3n) is 2.70. The van der Waals surface area contributed by atoms with Gasteiger partial charge in [0, 0.05) is 25.4 Å². The fourth-order valence-electron chi connectivity index (χ4n) is 1.99. The minimum absolute atomic E-state index is 0.0979. The summed E-state index contributed by atoms with van der Waals surface area (Å²) in [6.45, 7) is 3.94. The standard InChI is InChI=1S/C11H17N3O2S/c1-8(15)12-11-13-9(7-17-11)5-14-4-2-3-10(16)6-14/h7,10,16H,2-6H2,1H3,(H,12,13,15). The highest BCUT2D eigenvalue weighted by atomic mass is 32.1. The highest BCUT2D eigenvalue weighted by molar-refractivity contribution is 7.13. The van der Waals surface area contributed by atoms with Crippen LogP contribution in [0.1, 0.15) is 25.5 Å². The number of carbonyl (C=O) groups is 1. The van der Waals surface area contributed by atoms with Gasteiger partial charge in [-0.25, -0.2) is 4.98 Å². The molecule has 1 saturated heterocycles. The Labute approximate surface area is 104 Å². The molecule has 1 aromatic rings. The van der Waals surface area contributed by atoms with Crippen LogP contribution >= 0.6 is 11.3 Å². The molecule has 2 N–H and O–H groups in total. The highest BCUT2D eigenvalue weighted by Gasteiger charge is 2.18. The number of thiazole rings is 1. The molecule has 94 valence electrons. The maximum atomic E-state index is 10.9. The summed E-state index contributed by atoms with van der Waals surface area (Å²) in [6.07, 6.45) is 1.71. The van der Waals surface area contributed by atoms with Crippen LogP contribution in [0.3, 0.4) is 0 Å². The first kappa shape index (κ1) is 12.5. The van der Waals surface area contributed by atoms with Crippen molar-refractivity contribution in [2.45, 2.75) is 32.4 Å².